The minimum atomic E-state index is -3.83. The molecule has 0 bridgehead atoms. The van der Waals surface area contributed by atoms with Crippen LogP contribution >= 0.6 is 0 Å². The molecule has 0 aliphatic rings. The molecule has 0 aliphatic carbocycles. The van der Waals surface area contributed by atoms with Crippen LogP contribution in [0.1, 0.15) is 20.3 Å². The molecular weight excluding hydrogens is 228 g/mol. The van der Waals surface area contributed by atoms with Crippen molar-refractivity contribution in [3.63, 3.8) is 0 Å². The maximum Gasteiger partial charge on any atom is 0.266 e. The summed E-state index contributed by atoms with van der Waals surface area (Å²) in [4.78, 5) is 3.50. The lowest BCUT2D eigenvalue weighted by atomic mass is 10.4. The predicted octanol–water partition coefficient (Wildman–Crippen LogP) is -0.879. The van der Waals surface area contributed by atoms with Crippen LogP contribution in [0.25, 0.3) is 0 Å². The van der Waals surface area contributed by atoms with Crippen molar-refractivity contribution in [3.05, 3.63) is 0 Å². The molecule has 0 aromatic rings. The Morgan fingerprint density at radius 3 is 2.25 bits per heavy atom. The summed E-state index contributed by atoms with van der Waals surface area (Å²) < 4.78 is 29.9. The molecule has 0 rings (SSSR count). The maximum absolute atomic E-state index is 10.6. The van der Waals surface area contributed by atoms with Gasteiger partial charge in [0.1, 0.15) is 0 Å². The first-order valence-corrected chi connectivity index (χ1v) is 7.48. The zero-order valence-electron chi connectivity index (χ0n) is 10.6. The zero-order chi connectivity index (χ0) is 12.6. The van der Waals surface area contributed by atoms with E-state index >= 15 is 0 Å². The smallest absolute Gasteiger partial charge is 0.266 e. The van der Waals surface area contributed by atoms with Gasteiger partial charge < -0.3 is 4.90 Å². The Kier molecular flexibility index (Phi) is 7.91. The minimum Gasteiger partial charge on any atom is -0.336 e. The van der Waals surface area contributed by atoms with Crippen LogP contribution in [0.5, 0.6) is 0 Å². The molecule has 0 radical (unpaired) electrons. The molecular formula is C10H25N2O3S+. The molecule has 1 atom stereocenters. The number of rotatable bonds is 9. The normalized spacial score (nSPS) is 14.3. The van der Waals surface area contributed by atoms with Crippen LogP contribution in [0.4, 0.5) is 0 Å². The summed E-state index contributed by atoms with van der Waals surface area (Å²) in [7, 11) is -1.69. The van der Waals surface area contributed by atoms with Gasteiger partial charge in [-0.05, 0) is 13.0 Å². The molecule has 0 amide bonds. The van der Waals surface area contributed by atoms with Crippen LogP contribution in [-0.4, -0.2) is 63.4 Å². The van der Waals surface area contributed by atoms with E-state index in [0.717, 1.165) is 32.6 Å². The Morgan fingerprint density at radius 1 is 1.19 bits per heavy atom. The first-order valence-electron chi connectivity index (χ1n) is 5.87. The average molecular weight is 253 g/mol. The van der Waals surface area contributed by atoms with Crippen molar-refractivity contribution in [3.8, 4) is 0 Å². The molecule has 0 aliphatic heterocycles. The van der Waals surface area contributed by atoms with Gasteiger partial charge in [-0.1, -0.05) is 13.8 Å². The third-order valence-electron chi connectivity index (χ3n) is 2.64. The van der Waals surface area contributed by atoms with Crippen LogP contribution in [0.15, 0.2) is 0 Å². The van der Waals surface area contributed by atoms with Crippen molar-refractivity contribution in [2.75, 3.05) is 45.5 Å². The molecule has 1 unspecified atom stereocenters. The number of quaternary nitrogens is 1. The van der Waals surface area contributed by atoms with Gasteiger partial charge in [-0.25, -0.2) is 0 Å². The molecule has 0 saturated heterocycles. The number of likely N-dealkylation sites (N-methyl/N-ethyl adjacent to an activating group) is 2. The number of hydrogen-bond donors (Lipinski definition) is 2. The fraction of sp³-hybridized carbons (Fsp3) is 1.00. The zero-order valence-corrected chi connectivity index (χ0v) is 11.4. The highest BCUT2D eigenvalue weighted by Crippen LogP contribution is 1.89. The van der Waals surface area contributed by atoms with Gasteiger partial charge in [0.25, 0.3) is 10.1 Å². The summed E-state index contributed by atoms with van der Waals surface area (Å²) in [5, 5.41) is 0. The van der Waals surface area contributed by atoms with Gasteiger partial charge in [-0.2, -0.15) is 8.42 Å². The highest BCUT2D eigenvalue weighted by Gasteiger charge is 2.10. The van der Waals surface area contributed by atoms with Crippen molar-refractivity contribution in [1.82, 2.24) is 4.90 Å². The van der Waals surface area contributed by atoms with Gasteiger partial charge in [-0.3, -0.25) is 9.45 Å². The Balaban J connectivity index is 3.83. The highest BCUT2D eigenvalue weighted by molar-refractivity contribution is 7.85. The van der Waals surface area contributed by atoms with Gasteiger partial charge in [-0.15, -0.1) is 0 Å². The molecule has 16 heavy (non-hydrogen) atoms. The molecule has 0 heterocycles. The minimum absolute atomic E-state index is 0.173. The molecule has 0 fully saturated rings. The third kappa shape index (κ3) is 9.08. The SMILES string of the molecule is CCC[NH+](C)CCN(CC)CCS(=O)(=O)O. The highest BCUT2D eigenvalue weighted by atomic mass is 32.2. The second-order valence-electron chi connectivity index (χ2n) is 4.18. The summed E-state index contributed by atoms with van der Waals surface area (Å²) >= 11 is 0. The van der Waals surface area contributed by atoms with E-state index in [9.17, 15) is 8.42 Å². The summed E-state index contributed by atoms with van der Waals surface area (Å²) in [6, 6.07) is 0. The van der Waals surface area contributed by atoms with Crippen molar-refractivity contribution in [2.24, 2.45) is 0 Å². The lowest BCUT2D eigenvalue weighted by Gasteiger charge is -2.21. The summed E-state index contributed by atoms with van der Waals surface area (Å²) in [6.07, 6.45) is 1.16. The lowest BCUT2D eigenvalue weighted by molar-refractivity contribution is -0.879. The van der Waals surface area contributed by atoms with Crippen molar-refractivity contribution in [1.29, 1.82) is 0 Å². The van der Waals surface area contributed by atoms with E-state index in [4.69, 9.17) is 4.55 Å². The fourth-order valence-corrected chi connectivity index (χ4v) is 2.06. The Morgan fingerprint density at radius 2 is 1.81 bits per heavy atom. The standard InChI is InChI=1S/C10H24N2O3S/c1-4-6-11(3)7-8-12(5-2)9-10-16(13,14)15/h4-10H2,1-3H3,(H,13,14,15)/p+1. The van der Waals surface area contributed by atoms with Gasteiger partial charge in [0.15, 0.2) is 0 Å². The molecule has 98 valence electrons. The molecule has 2 N–H and O–H groups in total. The fourth-order valence-electron chi connectivity index (χ4n) is 1.57. The molecule has 0 aromatic carbocycles. The second kappa shape index (κ2) is 8.00. The second-order valence-corrected chi connectivity index (χ2v) is 5.75. The van der Waals surface area contributed by atoms with Crippen LogP contribution in [-0.2, 0) is 10.1 Å². The number of hydrogen-bond acceptors (Lipinski definition) is 3. The largest absolute Gasteiger partial charge is 0.336 e. The third-order valence-corrected chi connectivity index (χ3v) is 3.34. The van der Waals surface area contributed by atoms with E-state index in [1.807, 2.05) is 11.8 Å². The predicted molar refractivity (Wildman–Crippen MR) is 65.4 cm³/mol. The van der Waals surface area contributed by atoms with Crippen molar-refractivity contribution < 1.29 is 17.9 Å². The van der Waals surface area contributed by atoms with E-state index in [1.54, 1.807) is 0 Å². The quantitative estimate of drug-likeness (QED) is 0.524. The molecule has 0 spiro atoms. The van der Waals surface area contributed by atoms with E-state index in [0.29, 0.717) is 6.54 Å². The van der Waals surface area contributed by atoms with Gasteiger partial charge in [0.05, 0.1) is 25.9 Å². The number of nitrogens with zero attached hydrogens (tertiary/aromatic N) is 1. The Hall–Kier alpha value is -0.170. The summed E-state index contributed by atoms with van der Waals surface area (Å²) in [5.74, 6) is -0.173. The first kappa shape index (κ1) is 15.8. The number of nitrogens with one attached hydrogen (secondary N) is 1. The van der Waals surface area contributed by atoms with Crippen LogP contribution in [0.2, 0.25) is 0 Å². The molecule has 0 saturated carbocycles. The molecule has 6 heteroatoms. The van der Waals surface area contributed by atoms with E-state index in [2.05, 4.69) is 14.0 Å². The van der Waals surface area contributed by atoms with E-state index in [-0.39, 0.29) is 5.75 Å². The van der Waals surface area contributed by atoms with Crippen LogP contribution in [0.3, 0.4) is 0 Å². The van der Waals surface area contributed by atoms with E-state index < -0.39 is 10.1 Å². The van der Waals surface area contributed by atoms with Gasteiger partial charge in [0, 0.05) is 13.1 Å². The average Bonchev–Trinajstić information content (AvgIpc) is 2.17. The van der Waals surface area contributed by atoms with Crippen molar-refractivity contribution in [2.45, 2.75) is 20.3 Å². The molecule has 5 nitrogen and oxygen atoms in total. The monoisotopic (exact) mass is 253 g/mol. The van der Waals surface area contributed by atoms with Crippen LogP contribution < -0.4 is 4.90 Å². The van der Waals surface area contributed by atoms with Gasteiger partial charge >= 0.3 is 0 Å². The summed E-state index contributed by atoms with van der Waals surface area (Å²) in [5.41, 5.74) is 0. The maximum atomic E-state index is 10.6. The lowest BCUT2D eigenvalue weighted by Crippen LogP contribution is -3.09. The first-order chi connectivity index (χ1) is 7.39. The van der Waals surface area contributed by atoms with Crippen LogP contribution in [0, 0.1) is 0 Å². The Bertz CT molecular complexity index is 267. The topological polar surface area (TPSA) is 62.0 Å². The van der Waals surface area contributed by atoms with E-state index in [1.165, 1.54) is 4.90 Å². The Labute approximate surface area is 99.2 Å². The van der Waals surface area contributed by atoms with Gasteiger partial charge in [0.2, 0.25) is 0 Å². The van der Waals surface area contributed by atoms with Crippen molar-refractivity contribution >= 4 is 10.1 Å². The summed E-state index contributed by atoms with van der Waals surface area (Å²) in [6.45, 7) is 8.39. The molecule has 0 aromatic heterocycles.